The van der Waals surface area contributed by atoms with Gasteiger partial charge in [-0.25, -0.2) is 4.39 Å². The van der Waals surface area contributed by atoms with E-state index in [2.05, 4.69) is 99.9 Å². The van der Waals surface area contributed by atoms with Gasteiger partial charge in [0.05, 0.1) is 0 Å². The van der Waals surface area contributed by atoms with Crippen molar-refractivity contribution in [2.24, 2.45) is 29.6 Å². The molecule has 1 heteroatoms. The van der Waals surface area contributed by atoms with E-state index in [9.17, 15) is 4.39 Å². The molecular weight excluding hydrogens is 403 g/mol. The van der Waals surface area contributed by atoms with E-state index in [4.69, 9.17) is 0 Å². The predicted molar refractivity (Wildman–Crippen MR) is 149 cm³/mol. The Bertz CT molecular complexity index is 753. The minimum atomic E-state index is -0.235. The van der Waals surface area contributed by atoms with Gasteiger partial charge in [0.15, 0.2) is 0 Å². The van der Waals surface area contributed by atoms with Crippen molar-refractivity contribution in [3.05, 3.63) is 84.3 Å². The van der Waals surface area contributed by atoms with E-state index in [1.807, 2.05) is 0 Å². The number of rotatable bonds is 16. The maximum atomic E-state index is 14.7. The minimum absolute atomic E-state index is 0.145. The second-order valence-corrected chi connectivity index (χ2v) is 10.8. The molecule has 0 nitrogen and oxygen atoms in total. The summed E-state index contributed by atoms with van der Waals surface area (Å²) in [7, 11) is 0. The molecule has 0 aromatic heterocycles. The van der Waals surface area contributed by atoms with E-state index < -0.39 is 0 Å². The Morgan fingerprint density at radius 2 is 1.21 bits per heavy atom. The molecule has 0 aliphatic heterocycles. The van der Waals surface area contributed by atoms with Crippen molar-refractivity contribution >= 4 is 0 Å². The van der Waals surface area contributed by atoms with Crippen LogP contribution in [0.2, 0.25) is 0 Å². The molecule has 3 atom stereocenters. The molecule has 0 heterocycles. The normalized spacial score (nSPS) is 15.7. The minimum Gasteiger partial charge on any atom is -0.207 e. The zero-order chi connectivity index (χ0) is 25.7. The van der Waals surface area contributed by atoms with Gasteiger partial charge in [-0.05, 0) is 84.1 Å². The third-order valence-electron chi connectivity index (χ3n) is 6.62. The molecule has 0 spiro atoms. The van der Waals surface area contributed by atoms with E-state index in [1.54, 1.807) is 6.08 Å². The molecule has 0 aromatic rings. The van der Waals surface area contributed by atoms with E-state index in [-0.39, 0.29) is 17.7 Å². The lowest BCUT2D eigenvalue weighted by atomic mass is 9.91. The van der Waals surface area contributed by atoms with Gasteiger partial charge in [-0.1, -0.05) is 111 Å². The summed E-state index contributed by atoms with van der Waals surface area (Å²) < 4.78 is 14.7. The molecule has 0 fully saturated rings. The zero-order valence-corrected chi connectivity index (χ0v) is 22.9. The van der Waals surface area contributed by atoms with Crippen molar-refractivity contribution in [3.63, 3.8) is 0 Å². The topological polar surface area (TPSA) is 0 Å². The third kappa shape index (κ3) is 13.4. The number of halogens is 1. The molecule has 0 aromatic carbocycles. The van der Waals surface area contributed by atoms with Gasteiger partial charge >= 0.3 is 0 Å². The van der Waals surface area contributed by atoms with Crippen LogP contribution in [0.3, 0.4) is 0 Å². The quantitative estimate of drug-likeness (QED) is 0.203. The summed E-state index contributed by atoms with van der Waals surface area (Å²) in [5.41, 5.74) is 4.64. The number of hydrogen-bond acceptors (Lipinski definition) is 0. The van der Waals surface area contributed by atoms with Crippen LogP contribution in [0, 0.1) is 29.6 Å². The summed E-state index contributed by atoms with van der Waals surface area (Å²) in [6.45, 7) is 33.9. The molecule has 0 radical (unpaired) electrons. The van der Waals surface area contributed by atoms with Crippen LogP contribution >= 0.6 is 0 Å². The van der Waals surface area contributed by atoms with Crippen molar-refractivity contribution in [1.29, 1.82) is 0 Å². The average molecular weight is 455 g/mol. The van der Waals surface area contributed by atoms with Crippen LogP contribution in [0.25, 0.3) is 0 Å². The standard InChI is InChI=1S/C32H51F/c1-22(2)13-15-24(5)25(6)17-18-26(7)27(8)19-20-28(9)30(11)21-32(33)31(12)29(10)16-14-23(3)4/h17-19,21-24,28-29H,6-7,11-16,20H2,1-5,8-10H3/b18-17-,27-19+,32-21+. The van der Waals surface area contributed by atoms with Crippen LogP contribution in [0.5, 0.6) is 0 Å². The number of hydrogen-bond donors (Lipinski definition) is 0. The molecule has 0 saturated heterocycles. The fourth-order valence-corrected chi connectivity index (χ4v) is 3.30. The van der Waals surface area contributed by atoms with Gasteiger partial charge in [-0.15, -0.1) is 0 Å². The largest absolute Gasteiger partial charge is 0.207 e. The number of allylic oxidation sites excluding steroid dienone is 10. The highest BCUT2D eigenvalue weighted by Crippen LogP contribution is 2.28. The second-order valence-electron chi connectivity index (χ2n) is 10.8. The second kappa shape index (κ2) is 15.9. The molecule has 0 rings (SSSR count). The first-order valence-electron chi connectivity index (χ1n) is 12.7. The van der Waals surface area contributed by atoms with E-state index in [0.717, 1.165) is 53.9 Å². The lowest BCUT2D eigenvalue weighted by Crippen LogP contribution is -2.03. The SMILES string of the molecule is C=C(/C=C\C(=C)C(C)CCC(C)C)/C(C)=C/CC(C)C(=C)/C=C(/F)C(=C)C(C)CCC(C)C. The van der Waals surface area contributed by atoms with Crippen LogP contribution in [0.1, 0.15) is 87.5 Å². The third-order valence-corrected chi connectivity index (χ3v) is 6.62. The van der Waals surface area contributed by atoms with Gasteiger partial charge in [-0.2, -0.15) is 0 Å². The highest BCUT2D eigenvalue weighted by Gasteiger charge is 2.14. The van der Waals surface area contributed by atoms with Crippen molar-refractivity contribution < 1.29 is 4.39 Å². The summed E-state index contributed by atoms with van der Waals surface area (Å²) in [6, 6.07) is 0. The predicted octanol–water partition coefficient (Wildman–Crippen LogP) is 10.7. The van der Waals surface area contributed by atoms with Gasteiger partial charge in [0, 0.05) is 0 Å². The smallest absolute Gasteiger partial charge is 0.126 e. The molecule has 0 saturated carbocycles. The molecule has 0 amide bonds. The van der Waals surface area contributed by atoms with Gasteiger partial charge in [0.25, 0.3) is 0 Å². The maximum absolute atomic E-state index is 14.7. The lowest BCUT2D eigenvalue weighted by Gasteiger charge is -2.16. The van der Waals surface area contributed by atoms with Crippen LogP contribution in [0.4, 0.5) is 4.39 Å². The van der Waals surface area contributed by atoms with Crippen LogP contribution in [-0.2, 0) is 0 Å². The molecule has 186 valence electrons. The Kier molecular flexibility index (Phi) is 15.0. The summed E-state index contributed by atoms with van der Waals surface area (Å²) in [6.07, 6.45) is 13.1. The molecule has 3 unspecified atom stereocenters. The Balaban J connectivity index is 4.84. The first-order valence-corrected chi connectivity index (χ1v) is 12.7. The lowest BCUT2D eigenvalue weighted by molar-refractivity contribution is 0.478. The highest BCUT2D eigenvalue weighted by atomic mass is 19.1. The van der Waals surface area contributed by atoms with Gasteiger partial charge in [0.2, 0.25) is 0 Å². The summed E-state index contributed by atoms with van der Waals surface area (Å²) in [5, 5.41) is 0. The average Bonchev–Trinajstić information content (AvgIpc) is 2.75. The highest BCUT2D eigenvalue weighted by molar-refractivity contribution is 5.39. The van der Waals surface area contributed by atoms with Crippen LogP contribution < -0.4 is 0 Å². The maximum Gasteiger partial charge on any atom is 0.126 e. The molecule has 0 aliphatic carbocycles. The first kappa shape index (κ1) is 31.1. The Hall–Kier alpha value is -1.89. The van der Waals surface area contributed by atoms with E-state index in [0.29, 0.717) is 17.4 Å². The molecule has 33 heavy (non-hydrogen) atoms. The first-order chi connectivity index (χ1) is 15.3. The summed E-state index contributed by atoms with van der Waals surface area (Å²) in [5.74, 6) is 1.87. The van der Waals surface area contributed by atoms with E-state index in [1.165, 1.54) is 6.42 Å². The Morgan fingerprint density at radius 1 is 0.697 bits per heavy atom. The monoisotopic (exact) mass is 454 g/mol. The fourth-order valence-electron chi connectivity index (χ4n) is 3.30. The van der Waals surface area contributed by atoms with E-state index >= 15 is 0 Å². The van der Waals surface area contributed by atoms with Crippen LogP contribution in [0.15, 0.2) is 84.3 Å². The van der Waals surface area contributed by atoms with Gasteiger partial charge in [-0.3, -0.25) is 0 Å². The van der Waals surface area contributed by atoms with Gasteiger partial charge < -0.3 is 0 Å². The molecule has 0 bridgehead atoms. The van der Waals surface area contributed by atoms with Crippen molar-refractivity contribution in [3.8, 4) is 0 Å². The van der Waals surface area contributed by atoms with Crippen LogP contribution in [-0.4, -0.2) is 0 Å². The molecular formula is C32H51F. The molecule has 0 N–H and O–H groups in total. The zero-order valence-electron chi connectivity index (χ0n) is 22.9. The fraction of sp³-hybridized carbons (Fsp3) is 0.562. The van der Waals surface area contributed by atoms with Crippen molar-refractivity contribution in [1.82, 2.24) is 0 Å². The summed E-state index contributed by atoms with van der Waals surface area (Å²) in [4.78, 5) is 0. The molecule has 0 aliphatic rings. The van der Waals surface area contributed by atoms with Crippen molar-refractivity contribution in [2.45, 2.75) is 87.5 Å². The van der Waals surface area contributed by atoms with Crippen molar-refractivity contribution in [2.75, 3.05) is 0 Å². The van der Waals surface area contributed by atoms with Gasteiger partial charge in [0.1, 0.15) is 5.83 Å². The Labute approximate surface area is 205 Å². The summed E-state index contributed by atoms with van der Waals surface area (Å²) >= 11 is 0. The Morgan fingerprint density at radius 3 is 1.73 bits per heavy atom.